The minimum Gasteiger partial charge on any atom is -0.448 e. The third kappa shape index (κ3) is 4.62. The van der Waals surface area contributed by atoms with Crippen LogP contribution in [-0.4, -0.2) is 40.4 Å². The summed E-state index contributed by atoms with van der Waals surface area (Å²) < 4.78 is 6.01. The number of fused-ring (bicyclic) bond motifs is 5. The number of hydrogen-bond donors (Lipinski definition) is 1. The molecule has 34 heavy (non-hydrogen) atoms. The molecule has 2 aromatic rings. The highest BCUT2D eigenvalue weighted by atomic mass is 16.6. The van der Waals surface area contributed by atoms with Gasteiger partial charge < -0.3 is 14.7 Å². The van der Waals surface area contributed by atoms with Crippen molar-refractivity contribution in [3.05, 3.63) is 59.7 Å². The van der Waals surface area contributed by atoms with Crippen molar-refractivity contribution >= 4 is 6.09 Å². The Bertz CT molecular complexity index is 943. The second-order valence-corrected chi connectivity index (χ2v) is 10.7. The largest absolute Gasteiger partial charge is 0.448 e. The Hall–Kier alpha value is -2.33. The summed E-state index contributed by atoms with van der Waals surface area (Å²) in [4.78, 5) is 15.3. The monoisotopic (exact) mass is 461 g/mol. The zero-order valence-electron chi connectivity index (χ0n) is 20.5. The summed E-state index contributed by atoms with van der Waals surface area (Å²) in [6.45, 7) is 2.60. The quantitative estimate of drug-likeness (QED) is 0.429. The summed E-state index contributed by atoms with van der Waals surface area (Å²) in [5, 5.41) is 11.4. The highest BCUT2D eigenvalue weighted by Gasteiger charge is 2.47. The van der Waals surface area contributed by atoms with E-state index in [1.807, 2.05) is 4.90 Å². The highest BCUT2D eigenvalue weighted by Crippen LogP contribution is 2.45. The first-order valence-electron chi connectivity index (χ1n) is 13.5. The molecule has 2 bridgehead atoms. The lowest BCUT2D eigenvalue weighted by molar-refractivity contribution is -0.0894. The van der Waals surface area contributed by atoms with Crippen molar-refractivity contribution < 1.29 is 14.6 Å². The fraction of sp³-hybridized carbons (Fsp3) is 0.567. The van der Waals surface area contributed by atoms with Crippen LogP contribution < -0.4 is 0 Å². The van der Waals surface area contributed by atoms with Crippen LogP contribution in [0, 0.1) is 0 Å². The third-order valence-electron chi connectivity index (χ3n) is 8.39. The molecule has 5 rings (SSSR count). The van der Waals surface area contributed by atoms with Gasteiger partial charge >= 0.3 is 6.09 Å². The Kier molecular flexibility index (Phi) is 6.96. The van der Waals surface area contributed by atoms with Crippen molar-refractivity contribution in [2.24, 2.45) is 0 Å². The van der Waals surface area contributed by atoms with Crippen molar-refractivity contribution in [2.45, 2.75) is 101 Å². The van der Waals surface area contributed by atoms with E-state index in [1.54, 1.807) is 0 Å². The number of nitrogens with zero attached hydrogens (tertiary/aromatic N) is 1. The van der Waals surface area contributed by atoms with Gasteiger partial charge in [-0.25, -0.2) is 4.79 Å². The maximum atomic E-state index is 13.4. The number of amides is 1. The van der Waals surface area contributed by atoms with Crippen LogP contribution in [0.4, 0.5) is 4.79 Å². The summed E-state index contributed by atoms with van der Waals surface area (Å²) in [6.07, 6.45) is 11.2. The molecular formula is C30H39NO3. The van der Waals surface area contributed by atoms with Gasteiger partial charge in [-0.05, 0) is 60.8 Å². The standard InChI is InChI=1S/C30H39NO3/c1-2-3-4-5-10-18-30(33)19-22-12-11-13-23(20-30)31(22)29(32)34-21-28-26-16-8-6-14-24(26)25-15-7-9-17-27(25)28/h6-9,14-17,22-23,28,33H,2-5,10-13,18-21H2,1H3. The van der Waals surface area contributed by atoms with Gasteiger partial charge in [0.2, 0.25) is 0 Å². The topological polar surface area (TPSA) is 49.8 Å². The summed E-state index contributed by atoms with van der Waals surface area (Å²) >= 11 is 0. The molecule has 1 aliphatic carbocycles. The lowest BCUT2D eigenvalue weighted by Crippen LogP contribution is -2.60. The van der Waals surface area contributed by atoms with Crippen molar-refractivity contribution in [2.75, 3.05) is 6.61 Å². The Morgan fingerprint density at radius 3 is 2.15 bits per heavy atom. The van der Waals surface area contributed by atoms with E-state index in [2.05, 4.69) is 55.5 Å². The van der Waals surface area contributed by atoms with Gasteiger partial charge in [-0.1, -0.05) is 87.6 Å². The zero-order valence-corrected chi connectivity index (χ0v) is 20.5. The molecule has 182 valence electrons. The fourth-order valence-corrected chi connectivity index (χ4v) is 6.76. The summed E-state index contributed by atoms with van der Waals surface area (Å²) in [5.41, 5.74) is 4.36. The molecule has 4 nitrogen and oxygen atoms in total. The molecule has 0 saturated carbocycles. The van der Waals surface area contributed by atoms with E-state index < -0.39 is 5.60 Å². The maximum Gasteiger partial charge on any atom is 0.410 e. The first-order valence-corrected chi connectivity index (χ1v) is 13.5. The van der Waals surface area contributed by atoms with Gasteiger partial charge in [0, 0.05) is 18.0 Å². The van der Waals surface area contributed by atoms with Crippen LogP contribution in [0.3, 0.4) is 0 Å². The van der Waals surface area contributed by atoms with Crippen LogP contribution in [0.5, 0.6) is 0 Å². The van der Waals surface area contributed by atoms with Gasteiger partial charge in [0.25, 0.3) is 0 Å². The third-order valence-corrected chi connectivity index (χ3v) is 8.39. The highest BCUT2D eigenvalue weighted by molar-refractivity contribution is 5.79. The number of carbonyl (C=O) groups is 1. The Labute approximate surface area is 204 Å². The van der Waals surface area contributed by atoms with E-state index in [4.69, 9.17) is 4.74 Å². The molecule has 0 aromatic heterocycles. The van der Waals surface area contributed by atoms with Crippen molar-refractivity contribution in [3.63, 3.8) is 0 Å². The molecule has 0 spiro atoms. The molecule has 4 heteroatoms. The second-order valence-electron chi connectivity index (χ2n) is 10.7. The molecule has 2 aromatic carbocycles. The van der Waals surface area contributed by atoms with Crippen LogP contribution in [-0.2, 0) is 4.74 Å². The van der Waals surface area contributed by atoms with Gasteiger partial charge in [-0.3, -0.25) is 0 Å². The Morgan fingerprint density at radius 2 is 1.53 bits per heavy atom. The number of hydrogen-bond acceptors (Lipinski definition) is 3. The number of carbonyl (C=O) groups excluding carboxylic acids is 1. The first kappa shape index (κ1) is 23.4. The van der Waals surface area contributed by atoms with Crippen LogP contribution in [0.15, 0.2) is 48.5 Å². The number of ether oxygens (including phenoxy) is 1. The van der Waals surface area contributed by atoms with E-state index >= 15 is 0 Å². The number of aliphatic hydroxyl groups is 1. The van der Waals surface area contributed by atoms with Crippen LogP contribution in [0.25, 0.3) is 11.1 Å². The molecule has 2 heterocycles. The van der Waals surface area contributed by atoms with E-state index in [9.17, 15) is 9.90 Å². The SMILES string of the molecule is CCCCCCCC1(O)CC2CCCC(C1)N2C(=O)OCC1c2ccccc2-c2ccccc21. The van der Waals surface area contributed by atoms with E-state index in [0.717, 1.165) is 32.1 Å². The molecule has 2 fully saturated rings. The minimum atomic E-state index is -0.623. The maximum absolute atomic E-state index is 13.4. The van der Waals surface area contributed by atoms with Gasteiger partial charge in [0.05, 0.1) is 5.60 Å². The number of piperidine rings is 2. The molecule has 1 amide bonds. The van der Waals surface area contributed by atoms with Crippen molar-refractivity contribution in [1.29, 1.82) is 0 Å². The van der Waals surface area contributed by atoms with E-state index in [0.29, 0.717) is 19.4 Å². The van der Waals surface area contributed by atoms with Gasteiger partial charge in [0.1, 0.15) is 6.61 Å². The van der Waals surface area contributed by atoms with E-state index in [-0.39, 0.29) is 24.1 Å². The lowest BCUT2D eigenvalue weighted by Gasteiger charge is -2.51. The van der Waals surface area contributed by atoms with Crippen molar-refractivity contribution in [1.82, 2.24) is 4.90 Å². The number of rotatable bonds is 8. The van der Waals surface area contributed by atoms with Crippen LogP contribution >= 0.6 is 0 Å². The van der Waals surface area contributed by atoms with E-state index in [1.165, 1.54) is 47.9 Å². The van der Waals surface area contributed by atoms with Gasteiger partial charge in [0.15, 0.2) is 0 Å². The number of benzene rings is 2. The molecule has 2 aliphatic heterocycles. The van der Waals surface area contributed by atoms with Gasteiger partial charge in [-0.2, -0.15) is 0 Å². The van der Waals surface area contributed by atoms with Gasteiger partial charge in [-0.15, -0.1) is 0 Å². The van der Waals surface area contributed by atoms with Crippen LogP contribution in [0.2, 0.25) is 0 Å². The molecular weight excluding hydrogens is 422 g/mol. The smallest absolute Gasteiger partial charge is 0.410 e. The zero-order chi connectivity index (χ0) is 23.5. The Balaban J connectivity index is 1.23. The average molecular weight is 462 g/mol. The summed E-state index contributed by atoms with van der Waals surface area (Å²) in [7, 11) is 0. The average Bonchev–Trinajstić information content (AvgIpc) is 3.15. The fourth-order valence-electron chi connectivity index (χ4n) is 6.76. The summed E-state index contributed by atoms with van der Waals surface area (Å²) in [5.74, 6) is 0.0843. The predicted molar refractivity (Wildman–Crippen MR) is 136 cm³/mol. The molecule has 2 unspecified atom stereocenters. The lowest BCUT2D eigenvalue weighted by atomic mass is 9.73. The molecule has 2 atom stereocenters. The molecule has 2 saturated heterocycles. The minimum absolute atomic E-state index is 0.0843. The molecule has 0 radical (unpaired) electrons. The normalized spacial score (nSPS) is 25.6. The number of unbranched alkanes of at least 4 members (excludes halogenated alkanes) is 4. The first-order chi connectivity index (χ1) is 16.6. The molecule has 1 N–H and O–H groups in total. The second kappa shape index (κ2) is 10.1. The molecule has 3 aliphatic rings. The Morgan fingerprint density at radius 1 is 0.941 bits per heavy atom. The summed E-state index contributed by atoms with van der Waals surface area (Å²) in [6, 6.07) is 17.1. The van der Waals surface area contributed by atoms with Crippen LogP contribution in [0.1, 0.15) is 94.6 Å². The predicted octanol–water partition coefficient (Wildman–Crippen LogP) is 7.04. The van der Waals surface area contributed by atoms with Crippen molar-refractivity contribution in [3.8, 4) is 11.1 Å².